The number of rotatable bonds is 7. The van der Waals surface area contributed by atoms with Crippen LogP contribution in [0.15, 0.2) is 60.9 Å². The van der Waals surface area contributed by atoms with Gasteiger partial charge in [0.25, 0.3) is 5.91 Å². The molecule has 0 unspecified atom stereocenters. The molecule has 0 fully saturated rings. The monoisotopic (exact) mass is 406 g/mol. The van der Waals surface area contributed by atoms with Crippen LogP contribution >= 0.6 is 11.3 Å². The Morgan fingerprint density at radius 3 is 2.76 bits per heavy atom. The summed E-state index contributed by atoms with van der Waals surface area (Å²) < 4.78 is 12.1. The molecule has 0 saturated heterocycles. The molecule has 7 nitrogen and oxygen atoms in total. The predicted octanol–water partition coefficient (Wildman–Crippen LogP) is 4.32. The molecule has 146 valence electrons. The smallest absolute Gasteiger partial charge is 0.276 e. The van der Waals surface area contributed by atoms with E-state index in [9.17, 15) is 4.79 Å². The molecule has 0 radical (unpaired) electrons. The largest absolute Gasteiger partial charge is 0.494 e. The maximum Gasteiger partial charge on any atom is 0.276 e. The lowest BCUT2D eigenvalue weighted by atomic mass is 10.2. The number of amides is 1. The number of benzene rings is 2. The Kier molecular flexibility index (Phi) is 5.62. The van der Waals surface area contributed by atoms with Crippen LogP contribution in [-0.2, 0) is 6.61 Å². The lowest BCUT2D eigenvalue weighted by Crippen LogP contribution is -2.14. The third-order valence-electron chi connectivity index (χ3n) is 4.00. The first kappa shape index (κ1) is 18.8. The number of hydrogen-bond donors (Lipinski definition) is 1. The second-order valence-corrected chi connectivity index (χ2v) is 7.08. The Labute approximate surface area is 171 Å². The van der Waals surface area contributed by atoms with Crippen molar-refractivity contribution in [3.63, 3.8) is 0 Å². The van der Waals surface area contributed by atoms with Crippen LogP contribution in [0.25, 0.3) is 10.2 Å². The number of ether oxygens (including phenoxy) is 2. The van der Waals surface area contributed by atoms with E-state index in [2.05, 4.69) is 20.3 Å². The van der Waals surface area contributed by atoms with Gasteiger partial charge in [0.05, 0.1) is 16.8 Å². The number of hydrogen-bond acceptors (Lipinski definition) is 7. The molecule has 0 aliphatic heterocycles. The molecule has 0 spiro atoms. The van der Waals surface area contributed by atoms with Gasteiger partial charge in [-0.3, -0.25) is 10.1 Å². The van der Waals surface area contributed by atoms with Crippen LogP contribution in [0.4, 0.5) is 5.13 Å². The zero-order chi connectivity index (χ0) is 20.1. The topological polar surface area (TPSA) is 86.2 Å². The van der Waals surface area contributed by atoms with E-state index in [4.69, 9.17) is 9.47 Å². The van der Waals surface area contributed by atoms with Gasteiger partial charge in [-0.05, 0) is 30.7 Å². The first-order valence-electron chi connectivity index (χ1n) is 9.05. The van der Waals surface area contributed by atoms with Crippen molar-refractivity contribution in [2.75, 3.05) is 11.9 Å². The van der Waals surface area contributed by atoms with Crippen molar-refractivity contribution in [3.05, 3.63) is 72.2 Å². The molecular weight excluding hydrogens is 388 g/mol. The van der Waals surface area contributed by atoms with Crippen molar-refractivity contribution < 1.29 is 14.3 Å². The van der Waals surface area contributed by atoms with Crippen molar-refractivity contribution in [2.45, 2.75) is 13.5 Å². The third-order valence-corrected chi connectivity index (χ3v) is 4.93. The first-order chi connectivity index (χ1) is 14.2. The Bertz CT molecular complexity index is 1130. The van der Waals surface area contributed by atoms with Gasteiger partial charge < -0.3 is 9.47 Å². The van der Waals surface area contributed by atoms with E-state index in [0.29, 0.717) is 24.2 Å². The summed E-state index contributed by atoms with van der Waals surface area (Å²) in [5.41, 5.74) is 2.01. The zero-order valence-electron chi connectivity index (χ0n) is 15.7. The molecule has 2 aromatic carbocycles. The Morgan fingerprint density at radius 2 is 1.93 bits per heavy atom. The second kappa shape index (κ2) is 8.66. The average Bonchev–Trinajstić information content (AvgIpc) is 3.15. The van der Waals surface area contributed by atoms with E-state index in [0.717, 1.165) is 21.5 Å². The van der Waals surface area contributed by atoms with E-state index in [1.54, 1.807) is 0 Å². The van der Waals surface area contributed by atoms with Crippen molar-refractivity contribution >= 4 is 32.6 Å². The minimum absolute atomic E-state index is 0.206. The zero-order valence-corrected chi connectivity index (χ0v) is 16.5. The molecule has 4 aromatic rings. The Morgan fingerprint density at radius 1 is 1.07 bits per heavy atom. The molecular formula is C21H18N4O3S. The van der Waals surface area contributed by atoms with Gasteiger partial charge in [-0.1, -0.05) is 41.7 Å². The standard InChI is InChI=1S/C21H18N4O3S/c1-2-27-15-8-9-16-18(10-15)29-21(24-16)25-20(26)17-11-19(23-13-22-17)28-12-14-6-4-3-5-7-14/h3-11,13H,2,12H2,1H3,(H,24,25,26). The molecule has 1 N–H and O–H groups in total. The number of thiazole rings is 1. The summed E-state index contributed by atoms with van der Waals surface area (Å²) in [6.45, 7) is 2.89. The summed E-state index contributed by atoms with van der Waals surface area (Å²) in [6.07, 6.45) is 1.31. The van der Waals surface area contributed by atoms with Crippen molar-refractivity contribution in [3.8, 4) is 11.6 Å². The van der Waals surface area contributed by atoms with Crippen LogP contribution < -0.4 is 14.8 Å². The van der Waals surface area contributed by atoms with Gasteiger partial charge in [0, 0.05) is 6.07 Å². The highest BCUT2D eigenvalue weighted by Gasteiger charge is 2.13. The van der Waals surface area contributed by atoms with E-state index in [1.165, 1.54) is 23.7 Å². The van der Waals surface area contributed by atoms with Gasteiger partial charge in [0.15, 0.2) is 5.13 Å². The highest BCUT2D eigenvalue weighted by molar-refractivity contribution is 7.22. The minimum atomic E-state index is -0.374. The van der Waals surface area contributed by atoms with Crippen LogP contribution in [0.2, 0.25) is 0 Å². The predicted molar refractivity (Wildman–Crippen MR) is 112 cm³/mol. The molecule has 2 heterocycles. The maximum atomic E-state index is 12.6. The van der Waals surface area contributed by atoms with Crippen LogP contribution in [0, 0.1) is 0 Å². The second-order valence-electron chi connectivity index (χ2n) is 6.05. The molecule has 0 atom stereocenters. The molecule has 0 bridgehead atoms. The van der Waals surface area contributed by atoms with Crippen LogP contribution in [0.1, 0.15) is 23.0 Å². The highest BCUT2D eigenvalue weighted by Crippen LogP contribution is 2.29. The fraction of sp³-hybridized carbons (Fsp3) is 0.143. The number of anilines is 1. The van der Waals surface area contributed by atoms with Gasteiger partial charge in [-0.25, -0.2) is 15.0 Å². The van der Waals surface area contributed by atoms with Gasteiger partial charge in [-0.2, -0.15) is 0 Å². The summed E-state index contributed by atoms with van der Waals surface area (Å²) in [4.78, 5) is 25.1. The Balaban J connectivity index is 1.45. The molecule has 4 rings (SSSR count). The van der Waals surface area contributed by atoms with Crippen LogP contribution in [-0.4, -0.2) is 27.5 Å². The van der Waals surface area contributed by atoms with Gasteiger partial charge in [-0.15, -0.1) is 0 Å². The number of fused-ring (bicyclic) bond motifs is 1. The first-order valence-corrected chi connectivity index (χ1v) is 9.86. The van der Waals surface area contributed by atoms with Crippen molar-refractivity contribution in [2.24, 2.45) is 0 Å². The molecule has 29 heavy (non-hydrogen) atoms. The maximum absolute atomic E-state index is 12.6. The van der Waals surface area contributed by atoms with E-state index < -0.39 is 0 Å². The van der Waals surface area contributed by atoms with Gasteiger partial charge in [0.1, 0.15) is 24.4 Å². The third kappa shape index (κ3) is 4.67. The van der Waals surface area contributed by atoms with Crippen LogP contribution in [0.3, 0.4) is 0 Å². The summed E-state index contributed by atoms with van der Waals surface area (Å²) >= 11 is 1.37. The number of nitrogens with zero attached hydrogens (tertiary/aromatic N) is 3. The lowest BCUT2D eigenvalue weighted by Gasteiger charge is -2.06. The van der Waals surface area contributed by atoms with Crippen molar-refractivity contribution in [1.29, 1.82) is 0 Å². The quantitative estimate of drug-likeness (QED) is 0.492. The summed E-state index contributed by atoms with van der Waals surface area (Å²) in [5, 5.41) is 3.27. The van der Waals surface area contributed by atoms with E-state index in [1.807, 2.05) is 55.5 Å². The number of nitrogens with one attached hydrogen (secondary N) is 1. The molecule has 0 aliphatic rings. The molecule has 0 saturated carbocycles. The Hall–Kier alpha value is -3.52. The minimum Gasteiger partial charge on any atom is -0.494 e. The summed E-state index contributed by atoms with van der Waals surface area (Å²) in [6, 6.07) is 16.9. The van der Waals surface area contributed by atoms with Crippen molar-refractivity contribution in [1.82, 2.24) is 15.0 Å². The van der Waals surface area contributed by atoms with Gasteiger partial charge in [0.2, 0.25) is 5.88 Å². The normalized spacial score (nSPS) is 10.7. The lowest BCUT2D eigenvalue weighted by molar-refractivity contribution is 0.102. The van der Waals surface area contributed by atoms with Gasteiger partial charge >= 0.3 is 0 Å². The average molecular weight is 406 g/mol. The fourth-order valence-electron chi connectivity index (χ4n) is 2.65. The van der Waals surface area contributed by atoms with E-state index in [-0.39, 0.29) is 11.6 Å². The SMILES string of the molecule is CCOc1ccc2nc(NC(=O)c3cc(OCc4ccccc4)ncn3)sc2c1. The van der Waals surface area contributed by atoms with Crippen LogP contribution in [0.5, 0.6) is 11.6 Å². The molecule has 1 amide bonds. The number of aromatic nitrogens is 3. The number of carbonyl (C=O) groups is 1. The molecule has 2 aromatic heterocycles. The number of carbonyl (C=O) groups excluding carboxylic acids is 1. The molecule has 0 aliphatic carbocycles. The molecule has 8 heteroatoms. The van der Waals surface area contributed by atoms with E-state index >= 15 is 0 Å². The summed E-state index contributed by atoms with van der Waals surface area (Å²) in [5.74, 6) is 0.734. The summed E-state index contributed by atoms with van der Waals surface area (Å²) in [7, 11) is 0. The highest BCUT2D eigenvalue weighted by atomic mass is 32.1. The fourth-order valence-corrected chi connectivity index (χ4v) is 3.54.